The molecule has 2 rings (SSSR count). The minimum Gasteiger partial charge on any atom is -0.507 e. The lowest BCUT2D eigenvalue weighted by molar-refractivity contribution is -0.136. The van der Waals surface area contributed by atoms with Gasteiger partial charge in [-0.25, -0.2) is 9.48 Å². The van der Waals surface area contributed by atoms with Gasteiger partial charge in [0.25, 0.3) is 0 Å². The number of nitrogens with zero attached hydrogens (tertiary/aromatic N) is 3. The smallest absolute Gasteiger partial charge is 0.339 e. The van der Waals surface area contributed by atoms with Crippen LogP contribution in [0.25, 0.3) is 5.69 Å². The lowest BCUT2D eigenvalue weighted by Gasteiger charge is -2.06. The molecule has 0 bridgehead atoms. The van der Waals surface area contributed by atoms with E-state index >= 15 is 0 Å². The van der Waals surface area contributed by atoms with Gasteiger partial charge in [-0.2, -0.15) is 0 Å². The molecule has 0 saturated heterocycles. The molecule has 0 unspecified atom stereocenters. The molecule has 0 aliphatic heterocycles. The van der Waals surface area contributed by atoms with E-state index in [1.807, 2.05) is 0 Å². The van der Waals surface area contributed by atoms with Gasteiger partial charge >= 0.3 is 11.9 Å². The maximum absolute atomic E-state index is 10.9. The SMILES string of the molecule is O=C(O)Cc1cnnn1-c1ccc(O)c(C(=O)O)c1. The van der Waals surface area contributed by atoms with Crippen molar-refractivity contribution >= 4 is 11.9 Å². The molecule has 8 heteroatoms. The number of aromatic hydroxyl groups is 1. The van der Waals surface area contributed by atoms with Crippen LogP contribution in [0.3, 0.4) is 0 Å². The number of aromatic carboxylic acids is 1. The summed E-state index contributed by atoms with van der Waals surface area (Å²) in [5.41, 5.74) is 0.313. The number of carboxylic acid groups (broad SMARTS) is 2. The molecule has 0 saturated carbocycles. The highest BCUT2D eigenvalue weighted by Crippen LogP contribution is 2.21. The van der Waals surface area contributed by atoms with Gasteiger partial charge in [0.05, 0.1) is 24.0 Å². The first-order chi connectivity index (χ1) is 8.99. The van der Waals surface area contributed by atoms with Gasteiger partial charge in [-0.3, -0.25) is 4.79 Å². The molecule has 1 aromatic heterocycles. The number of aromatic nitrogens is 3. The number of phenols is 1. The average Bonchev–Trinajstić information content (AvgIpc) is 2.76. The molecule has 0 aliphatic carbocycles. The van der Waals surface area contributed by atoms with E-state index in [-0.39, 0.29) is 17.7 Å². The van der Waals surface area contributed by atoms with Crippen LogP contribution in [0.4, 0.5) is 0 Å². The third-order valence-electron chi connectivity index (χ3n) is 2.41. The molecule has 0 fully saturated rings. The van der Waals surface area contributed by atoms with Crippen LogP contribution in [0.15, 0.2) is 24.4 Å². The van der Waals surface area contributed by atoms with Crippen molar-refractivity contribution in [1.82, 2.24) is 15.0 Å². The van der Waals surface area contributed by atoms with Gasteiger partial charge in [0.15, 0.2) is 0 Å². The molecule has 1 heterocycles. The van der Waals surface area contributed by atoms with Gasteiger partial charge in [0.2, 0.25) is 0 Å². The number of rotatable bonds is 4. The second-order valence-electron chi connectivity index (χ2n) is 3.71. The van der Waals surface area contributed by atoms with Crippen molar-refractivity contribution in [3.05, 3.63) is 35.7 Å². The zero-order valence-electron chi connectivity index (χ0n) is 9.52. The van der Waals surface area contributed by atoms with Gasteiger partial charge in [-0.1, -0.05) is 5.21 Å². The van der Waals surface area contributed by atoms with Crippen LogP contribution in [0.2, 0.25) is 0 Å². The van der Waals surface area contributed by atoms with Crippen LogP contribution < -0.4 is 0 Å². The Morgan fingerprint density at radius 2 is 2.00 bits per heavy atom. The Kier molecular flexibility index (Phi) is 3.15. The van der Waals surface area contributed by atoms with Gasteiger partial charge in [0.1, 0.15) is 11.3 Å². The van der Waals surface area contributed by atoms with E-state index in [0.717, 1.165) is 0 Å². The summed E-state index contributed by atoms with van der Waals surface area (Å²) in [7, 11) is 0. The van der Waals surface area contributed by atoms with Crippen LogP contribution in [0.5, 0.6) is 5.75 Å². The normalized spacial score (nSPS) is 10.3. The van der Waals surface area contributed by atoms with Crippen LogP contribution in [-0.2, 0) is 11.2 Å². The molecule has 0 radical (unpaired) electrons. The summed E-state index contributed by atoms with van der Waals surface area (Å²) in [5.74, 6) is -2.73. The number of carbonyl (C=O) groups is 2. The van der Waals surface area contributed by atoms with Crippen LogP contribution in [0, 0.1) is 0 Å². The summed E-state index contributed by atoms with van der Waals surface area (Å²) in [6, 6.07) is 3.81. The van der Waals surface area contributed by atoms with E-state index < -0.39 is 11.9 Å². The third kappa shape index (κ3) is 2.51. The maximum atomic E-state index is 10.9. The fraction of sp³-hybridized carbons (Fsp3) is 0.0909. The summed E-state index contributed by atoms with van der Waals surface area (Å²) in [4.78, 5) is 21.6. The Labute approximate surface area is 106 Å². The number of carboxylic acids is 2. The van der Waals surface area contributed by atoms with E-state index in [1.54, 1.807) is 0 Å². The van der Waals surface area contributed by atoms with Crippen molar-refractivity contribution in [3.8, 4) is 11.4 Å². The quantitative estimate of drug-likeness (QED) is 0.724. The highest BCUT2D eigenvalue weighted by molar-refractivity contribution is 5.91. The molecule has 0 atom stereocenters. The summed E-state index contributed by atoms with van der Waals surface area (Å²) in [6.45, 7) is 0. The van der Waals surface area contributed by atoms with Crippen LogP contribution >= 0.6 is 0 Å². The van der Waals surface area contributed by atoms with Crippen molar-refractivity contribution in [2.45, 2.75) is 6.42 Å². The molecule has 98 valence electrons. The lowest BCUT2D eigenvalue weighted by Crippen LogP contribution is -2.09. The molecule has 0 spiro atoms. The molecule has 0 aliphatic rings. The second kappa shape index (κ2) is 4.77. The molecule has 8 nitrogen and oxygen atoms in total. The predicted octanol–water partition coefficient (Wildman–Crippen LogP) is 0.298. The first kappa shape index (κ1) is 12.6. The monoisotopic (exact) mass is 263 g/mol. The zero-order valence-corrected chi connectivity index (χ0v) is 9.52. The lowest BCUT2D eigenvalue weighted by atomic mass is 10.1. The number of hydrogen-bond acceptors (Lipinski definition) is 5. The maximum Gasteiger partial charge on any atom is 0.339 e. The summed E-state index contributed by atoms with van der Waals surface area (Å²) >= 11 is 0. The summed E-state index contributed by atoms with van der Waals surface area (Å²) in [5, 5.41) is 34.3. The largest absolute Gasteiger partial charge is 0.507 e. The van der Waals surface area contributed by atoms with Crippen molar-refractivity contribution < 1.29 is 24.9 Å². The Hall–Kier alpha value is -2.90. The zero-order chi connectivity index (χ0) is 14.0. The minimum atomic E-state index is -1.29. The minimum absolute atomic E-state index is 0.295. The van der Waals surface area contributed by atoms with Crippen molar-refractivity contribution in [2.75, 3.05) is 0 Å². The van der Waals surface area contributed by atoms with E-state index in [0.29, 0.717) is 11.4 Å². The predicted molar refractivity (Wildman–Crippen MR) is 61.3 cm³/mol. The van der Waals surface area contributed by atoms with Gasteiger partial charge in [0, 0.05) is 0 Å². The standard InChI is InChI=1S/C11H9N3O5/c15-9-2-1-6(3-8(9)11(18)19)14-7(4-10(16)17)5-12-13-14/h1-3,5,15H,4H2,(H,16,17)(H,18,19). The second-order valence-corrected chi connectivity index (χ2v) is 3.71. The topological polar surface area (TPSA) is 126 Å². The first-order valence-corrected chi connectivity index (χ1v) is 5.17. The van der Waals surface area contributed by atoms with Gasteiger partial charge in [-0.05, 0) is 18.2 Å². The van der Waals surface area contributed by atoms with E-state index in [1.165, 1.54) is 29.1 Å². The molecular formula is C11H9N3O5. The Bertz CT molecular complexity index is 650. The molecule has 3 N–H and O–H groups in total. The summed E-state index contributed by atoms with van der Waals surface area (Å²) in [6.07, 6.45) is 0.984. The fourth-order valence-corrected chi connectivity index (χ4v) is 1.58. The average molecular weight is 263 g/mol. The van der Waals surface area contributed by atoms with Crippen molar-refractivity contribution in [2.24, 2.45) is 0 Å². The highest BCUT2D eigenvalue weighted by Gasteiger charge is 2.14. The summed E-state index contributed by atoms with van der Waals surface area (Å²) < 4.78 is 1.21. The van der Waals surface area contributed by atoms with Crippen molar-refractivity contribution in [1.29, 1.82) is 0 Å². The van der Waals surface area contributed by atoms with Gasteiger partial charge in [-0.15, -0.1) is 5.10 Å². The van der Waals surface area contributed by atoms with E-state index in [4.69, 9.17) is 10.2 Å². The number of benzene rings is 1. The molecule has 0 amide bonds. The molecule has 2 aromatic rings. The Balaban J connectivity index is 2.48. The first-order valence-electron chi connectivity index (χ1n) is 5.17. The van der Waals surface area contributed by atoms with E-state index in [9.17, 15) is 14.7 Å². The van der Waals surface area contributed by atoms with Crippen LogP contribution in [0.1, 0.15) is 16.1 Å². The van der Waals surface area contributed by atoms with Crippen molar-refractivity contribution in [3.63, 3.8) is 0 Å². The van der Waals surface area contributed by atoms with E-state index in [2.05, 4.69) is 10.3 Å². The Morgan fingerprint density at radius 1 is 1.26 bits per heavy atom. The Morgan fingerprint density at radius 3 is 2.63 bits per heavy atom. The van der Waals surface area contributed by atoms with Gasteiger partial charge < -0.3 is 15.3 Å². The number of aliphatic carboxylic acids is 1. The fourth-order valence-electron chi connectivity index (χ4n) is 1.58. The third-order valence-corrected chi connectivity index (χ3v) is 2.41. The molecule has 1 aromatic carbocycles. The number of hydrogen-bond donors (Lipinski definition) is 3. The molecule has 19 heavy (non-hydrogen) atoms. The molecular weight excluding hydrogens is 254 g/mol. The highest BCUT2D eigenvalue weighted by atomic mass is 16.4. The van der Waals surface area contributed by atoms with Crippen LogP contribution in [-0.4, -0.2) is 42.3 Å².